The zero-order valence-corrected chi connectivity index (χ0v) is 12.4. The standard InChI is InChI=1S/C14H19F3N2.ClH/c1-10-8-19(11(2)7-18-10)9-12-4-3-5-13(6-12)14(15,16)17;/h3-6,10-11,18H,7-9H2,1-2H3;1H. The van der Waals surface area contributed by atoms with E-state index in [0.717, 1.165) is 24.7 Å². The summed E-state index contributed by atoms with van der Waals surface area (Å²) in [7, 11) is 0. The molecule has 1 saturated heterocycles. The average Bonchev–Trinajstić information content (AvgIpc) is 2.33. The molecule has 0 spiro atoms. The fourth-order valence-electron chi connectivity index (χ4n) is 2.40. The van der Waals surface area contributed by atoms with Gasteiger partial charge in [-0.2, -0.15) is 13.2 Å². The molecular weight excluding hydrogens is 289 g/mol. The minimum Gasteiger partial charge on any atom is -0.311 e. The van der Waals surface area contributed by atoms with Crippen molar-refractivity contribution in [3.8, 4) is 0 Å². The van der Waals surface area contributed by atoms with Gasteiger partial charge in [0.2, 0.25) is 0 Å². The molecule has 1 aliphatic heterocycles. The van der Waals surface area contributed by atoms with E-state index in [9.17, 15) is 13.2 Å². The highest BCUT2D eigenvalue weighted by Crippen LogP contribution is 2.29. The van der Waals surface area contributed by atoms with Crippen molar-refractivity contribution in [2.45, 2.75) is 38.7 Å². The van der Waals surface area contributed by atoms with Gasteiger partial charge in [0.1, 0.15) is 0 Å². The van der Waals surface area contributed by atoms with Gasteiger partial charge in [-0.3, -0.25) is 4.90 Å². The lowest BCUT2D eigenvalue weighted by Crippen LogP contribution is -2.53. The molecule has 1 N–H and O–H groups in total. The SMILES string of the molecule is CC1CN(Cc2cccc(C(F)(F)F)c2)C(C)CN1.Cl. The monoisotopic (exact) mass is 308 g/mol. The molecule has 20 heavy (non-hydrogen) atoms. The minimum atomic E-state index is -4.27. The molecule has 6 heteroatoms. The van der Waals surface area contributed by atoms with Crippen LogP contribution in [0.4, 0.5) is 13.2 Å². The van der Waals surface area contributed by atoms with E-state index in [1.54, 1.807) is 6.07 Å². The van der Waals surface area contributed by atoms with Crippen LogP contribution >= 0.6 is 12.4 Å². The maximum Gasteiger partial charge on any atom is 0.416 e. The molecule has 1 aromatic carbocycles. The molecule has 1 heterocycles. The third-order valence-corrected chi connectivity index (χ3v) is 3.53. The topological polar surface area (TPSA) is 15.3 Å². The number of piperazine rings is 1. The van der Waals surface area contributed by atoms with Gasteiger partial charge in [0.05, 0.1) is 5.56 Å². The van der Waals surface area contributed by atoms with Crippen molar-refractivity contribution in [1.29, 1.82) is 0 Å². The predicted molar refractivity (Wildman–Crippen MR) is 76.0 cm³/mol. The molecule has 0 aliphatic carbocycles. The summed E-state index contributed by atoms with van der Waals surface area (Å²) in [6, 6.07) is 6.32. The van der Waals surface area contributed by atoms with Crippen LogP contribution in [0.5, 0.6) is 0 Å². The van der Waals surface area contributed by atoms with E-state index in [-0.39, 0.29) is 12.4 Å². The first-order chi connectivity index (χ1) is 8.86. The Balaban J connectivity index is 0.00000200. The number of nitrogens with one attached hydrogen (secondary N) is 1. The van der Waals surface area contributed by atoms with Gasteiger partial charge in [-0.25, -0.2) is 0 Å². The predicted octanol–water partition coefficient (Wildman–Crippen LogP) is 3.31. The van der Waals surface area contributed by atoms with Crippen LogP contribution in [-0.2, 0) is 12.7 Å². The lowest BCUT2D eigenvalue weighted by molar-refractivity contribution is -0.137. The number of benzene rings is 1. The van der Waals surface area contributed by atoms with Crippen molar-refractivity contribution in [1.82, 2.24) is 10.2 Å². The van der Waals surface area contributed by atoms with E-state index < -0.39 is 11.7 Å². The Bertz CT molecular complexity index is 437. The first kappa shape index (κ1) is 17.3. The summed E-state index contributed by atoms with van der Waals surface area (Å²) in [5.74, 6) is 0. The fourth-order valence-corrected chi connectivity index (χ4v) is 2.40. The van der Waals surface area contributed by atoms with Crippen LogP contribution in [0.2, 0.25) is 0 Å². The quantitative estimate of drug-likeness (QED) is 0.902. The van der Waals surface area contributed by atoms with E-state index in [4.69, 9.17) is 0 Å². The van der Waals surface area contributed by atoms with E-state index in [1.807, 2.05) is 0 Å². The Kier molecular flexibility index (Phi) is 5.86. The molecule has 0 radical (unpaired) electrons. The minimum absolute atomic E-state index is 0. The molecule has 2 atom stereocenters. The van der Waals surface area contributed by atoms with Crippen molar-refractivity contribution >= 4 is 12.4 Å². The van der Waals surface area contributed by atoms with Gasteiger partial charge < -0.3 is 5.32 Å². The average molecular weight is 309 g/mol. The van der Waals surface area contributed by atoms with E-state index in [0.29, 0.717) is 18.6 Å². The molecule has 0 amide bonds. The Labute approximate surface area is 123 Å². The zero-order chi connectivity index (χ0) is 14.0. The van der Waals surface area contributed by atoms with E-state index >= 15 is 0 Å². The Morgan fingerprint density at radius 3 is 2.65 bits per heavy atom. The van der Waals surface area contributed by atoms with Gasteiger partial charge in [0.25, 0.3) is 0 Å². The van der Waals surface area contributed by atoms with Crippen LogP contribution in [0.3, 0.4) is 0 Å². The van der Waals surface area contributed by atoms with Crippen LogP contribution in [-0.4, -0.2) is 30.1 Å². The van der Waals surface area contributed by atoms with Gasteiger partial charge in [-0.05, 0) is 25.5 Å². The maximum atomic E-state index is 12.7. The summed E-state index contributed by atoms with van der Waals surface area (Å²) in [5.41, 5.74) is 0.150. The van der Waals surface area contributed by atoms with Crippen LogP contribution < -0.4 is 5.32 Å². The molecule has 2 rings (SSSR count). The van der Waals surface area contributed by atoms with E-state index in [2.05, 4.69) is 24.1 Å². The number of hydrogen-bond acceptors (Lipinski definition) is 2. The molecule has 1 aromatic rings. The van der Waals surface area contributed by atoms with Crippen LogP contribution in [0, 0.1) is 0 Å². The Morgan fingerprint density at radius 2 is 2.00 bits per heavy atom. The lowest BCUT2D eigenvalue weighted by Gasteiger charge is -2.37. The highest BCUT2D eigenvalue weighted by atomic mass is 35.5. The van der Waals surface area contributed by atoms with Crippen molar-refractivity contribution < 1.29 is 13.2 Å². The molecule has 2 unspecified atom stereocenters. The van der Waals surface area contributed by atoms with Crippen molar-refractivity contribution in [2.24, 2.45) is 0 Å². The summed E-state index contributed by atoms with van der Waals surface area (Å²) < 4.78 is 38.0. The number of nitrogens with zero attached hydrogens (tertiary/aromatic N) is 1. The Hall–Kier alpha value is -0.780. The lowest BCUT2D eigenvalue weighted by atomic mass is 10.1. The normalized spacial score (nSPS) is 24.2. The smallest absolute Gasteiger partial charge is 0.311 e. The first-order valence-corrected chi connectivity index (χ1v) is 6.50. The molecule has 2 nitrogen and oxygen atoms in total. The summed E-state index contributed by atoms with van der Waals surface area (Å²) in [6.45, 7) is 6.48. The maximum absolute atomic E-state index is 12.7. The van der Waals surface area contributed by atoms with Gasteiger partial charge in [-0.15, -0.1) is 12.4 Å². The fraction of sp³-hybridized carbons (Fsp3) is 0.571. The molecule has 0 bridgehead atoms. The van der Waals surface area contributed by atoms with Crippen molar-refractivity contribution in [3.63, 3.8) is 0 Å². The Morgan fingerprint density at radius 1 is 1.30 bits per heavy atom. The van der Waals surface area contributed by atoms with Crippen LogP contribution in [0.1, 0.15) is 25.0 Å². The van der Waals surface area contributed by atoms with E-state index in [1.165, 1.54) is 12.1 Å². The zero-order valence-electron chi connectivity index (χ0n) is 11.6. The van der Waals surface area contributed by atoms with Gasteiger partial charge in [0.15, 0.2) is 0 Å². The van der Waals surface area contributed by atoms with Crippen molar-refractivity contribution in [2.75, 3.05) is 13.1 Å². The number of hydrogen-bond donors (Lipinski definition) is 1. The molecule has 114 valence electrons. The molecular formula is C14H20ClF3N2. The first-order valence-electron chi connectivity index (χ1n) is 6.50. The second kappa shape index (κ2) is 6.78. The number of halogens is 4. The third kappa shape index (κ3) is 4.36. The second-order valence-electron chi connectivity index (χ2n) is 5.29. The summed E-state index contributed by atoms with van der Waals surface area (Å²) in [4.78, 5) is 2.22. The van der Waals surface area contributed by atoms with Gasteiger partial charge in [-0.1, -0.05) is 18.2 Å². The van der Waals surface area contributed by atoms with Gasteiger partial charge >= 0.3 is 6.18 Å². The highest BCUT2D eigenvalue weighted by molar-refractivity contribution is 5.85. The number of alkyl halides is 3. The summed E-state index contributed by atoms with van der Waals surface area (Å²) >= 11 is 0. The summed E-state index contributed by atoms with van der Waals surface area (Å²) in [5, 5.41) is 3.36. The highest BCUT2D eigenvalue weighted by Gasteiger charge is 2.30. The molecule has 0 saturated carbocycles. The molecule has 1 fully saturated rings. The second-order valence-corrected chi connectivity index (χ2v) is 5.29. The van der Waals surface area contributed by atoms with Crippen LogP contribution in [0.25, 0.3) is 0 Å². The molecule has 1 aliphatic rings. The van der Waals surface area contributed by atoms with Gasteiger partial charge in [0, 0.05) is 31.7 Å². The number of rotatable bonds is 2. The van der Waals surface area contributed by atoms with Crippen molar-refractivity contribution in [3.05, 3.63) is 35.4 Å². The third-order valence-electron chi connectivity index (χ3n) is 3.53. The molecule has 0 aromatic heterocycles. The largest absolute Gasteiger partial charge is 0.416 e. The van der Waals surface area contributed by atoms with Crippen LogP contribution in [0.15, 0.2) is 24.3 Å². The summed E-state index contributed by atoms with van der Waals surface area (Å²) in [6.07, 6.45) is -4.27.